The Morgan fingerprint density at radius 3 is 1.52 bits per heavy atom. The fourth-order valence-corrected chi connectivity index (χ4v) is 9.04. The van der Waals surface area contributed by atoms with E-state index in [9.17, 15) is 0 Å². The Morgan fingerprint density at radius 1 is 0.444 bits per heavy atom. The molecular formula is C52H48N2. The molecule has 0 aromatic heterocycles. The second-order valence-corrected chi connectivity index (χ2v) is 15.6. The van der Waals surface area contributed by atoms with Gasteiger partial charge in [0.2, 0.25) is 0 Å². The summed E-state index contributed by atoms with van der Waals surface area (Å²) in [6, 6.07) is 64.9. The van der Waals surface area contributed by atoms with Gasteiger partial charge in [0.1, 0.15) is 0 Å². The second kappa shape index (κ2) is 14.5. The van der Waals surface area contributed by atoms with Gasteiger partial charge >= 0.3 is 0 Å². The van der Waals surface area contributed by atoms with E-state index in [1.165, 1.54) is 88.1 Å². The van der Waals surface area contributed by atoms with E-state index in [-0.39, 0.29) is 5.41 Å². The molecule has 0 N–H and O–H groups in total. The Labute approximate surface area is 321 Å². The molecule has 0 atom stereocenters. The molecule has 0 heterocycles. The first-order valence-corrected chi connectivity index (χ1v) is 19.8. The number of rotatable bonds is 9. The lowest BCUT2D eigenvalue weighted by Crippen LogP contribution is -2.16. The van der Waals surface area contributed by atoms with Crippen LogP contribution in [0.25, 0.3) is 11.1 Å². The van der Waals surface area contributed by atoms with Crippen molar-refractivity contribution >= 4 is 34.1 Å². The number of fused-ring (bicyclic) bond motifs is 3. The standard InChI is InChI=1S/C52H48N2/c1-52(2)48-22-13-12-21-47(48)51-49(52)23-14-24-50(51)54(46-35-29-41(30-36-46)40-15-6-3-7-16-40)45-33-27-39(28-34-45)37-38-25-31-44(32-26-38)53(42-17-8-4-9-18-42)43-19-10-5-11-20-43/h4-5,8-14,17-36,40H,3,6-7,15-16,37H2,1-2H3. The van der Waals surface area contributed by atoms with Crippen LogP contribution in [0.5, 0.6) is 0 Å². The van der Waals surface area contributed by atoms with Crippen molar-refractivity contribution in [2.24, 2.45) is 0 Å². The predicted molar refractivity (Wildman–Crippen MR) is 228 cm³/mol. The molecule has 1 fully saturated rings. The minimum Gasteiger partial charge on any atom is -0.311 e. The zero-order valence-corrected chi connectivity index (χ0v) is 31.5. The summed E-state index contributed by atoms with van der Waals surface area (Å²) in [6.45, 7) is 4.74. The van der Waals surface area contributed by atoms with Crippen molar-refractivity contribution in [3.63, 3.8) is 0 Å². The maximum atomic E-state index is 2.49. The zero-order chi connectivity index (χ0) is 36.5. The van der Waals surface area contributed by atoms with Crippen LogP contribution in [0, 0.1) is 0 Å². The van der Waals surface area contributed by atoms with Gasteiger partial charge in [-0.15, -0.1) is 0 Å². The summed E-state index contributed by atoms with van der Waals surface area (Å²) in [5.74, 6) is 0.683. The second-order valence-electron chi connectivity index (χ2n) is 15.6. The summed E-state index contributed by atoms with van der Waals surface area (Å²) < 4.78 is 0. The van der Waals surface area contributed by atoms with E-state index in [0.29, 0.717) is 5.92 Å². The van der Waals surface area contributed by atoms with Gasteiger partial charge in [-0.05, 0) is 125 Å². The Balaban J connectivity index is 1.04. The molecule has 2 nitrogen and oxygen atoms in total. The highest BCUT2D eigenvalue weighted by Crippen LogP contribution is 2.54. The van der Waals surface area contributed by atoms with Crippen LogP contribution in [0.3, 0.4) is 0 Å². The molecule has 0 aliphatic heterocycles. The number of benzene rings is 7. The Hall–Kier alpha value is -5.86. The van der Waals surface area contributed by atoms with Gasteiger partial charge in [0.15, 0.2) is 0 Å². The third-order valence-electron chi connectivity index (χ3n) is 11.9. The molecular weight excluding hydrogens is 653 g/mol. The molecule has 0 radical (unpaired) electrons. The van der Waals surface area contributed by atoms with Crippen LogP contribution in [-0.4, -0.2) is 0 Å². The van der Waals surface area contributed by atoms with E-state index in [1.807, 2.05) is 0 Å². The summed E-state index contributed by atoms with van der Waals surface area (Å²) in [7, 11) is 0. The third kappa shape index (κ3) is 6.41. The van der Waals surface area contributed by atoms with E-state index in [0.717, 1.165) is 23.5 Å². The lowest BCUT2D eigenvalue weighted by Gasteiger charge is -2.29. The largest absolute Gasteiger partial charge is 0.311 e. The minimum absolute atomic E-state index is 0.0585. The van der Waals surface area contributed by atoms with Crippen LogP contribution >= 0.6 is 0 Å². The van der Waals surface area contributed by atoms with Crippen molar-refractivity contribution in [3.05, 3.63) is 204 Å². The van der Waals surface area contributed by atoms with Gasteiger partial charge in [0, 0.05) is 39.4 Å². The van der Waals surface area contributed by atoms with E-state index >= 15 is 0 Å². The molecule has 9 rings (SSSR count). The lowest BCUT2D eigenvalue weighted by molar-refractivity contribution is 0.443. The van der Waals surface area contributed by atoms with E-state index in [1.54, 1.807) is 0 Å². The highest BCUT2D eigenvalue weighted by molar-refractivity contribution is 5.95. The van der Waals surface area contributed by atoms with Gasteiger partial charge in [-0.1, -0.05) is 142 Å². The highest BCUT2D eigenvalue weighted by atomic mass is 15.1. The van der Waals surface area contributed by atoms with Gasteiger partial charge < -0.3 is 9.80 Å². The smallest absolute Gasteiger partial charge is 0.0543 e. The quantitative estimate of drug-likeness (QED) is 0.148. The molecule has 2 heteroatoms. The number of hydrogen-bond acceptors (Lipinski definition) is 2. The molecule has 0 spiro atoms. The molecule has 7 aromatic carbocycles. The highest BCUT2D eigenvalue weighted by Gasteiger charge is 2.37. The van der Waals surface area contributed by atoms with Gasteiger partial charge in [0.05, 0.1) is 5.69 Å². The van der Waals surface area contributed by atoms with Gasteiger partial charge in [-0.2, -0.15) is 0 Å². The van der Waals surface area contributed by atoms with Crippen LogP contribution in [0.1, 0.15) is 79.7 Å². The Morgan fingerprint density at radius 2 is 0.926 bits per heavy atom. The van der Waals surface area contributed by atoms with Crippen LogP contribution in [-0.2, 0) is 11.8 Å². The number of para-hydroxylation sites is 2. The normalized spacial score (nSPS) is 14.6. The third-order valence-corrected chi connectivity index (χ3v) is 11.9. The molecule has 0 amide bonds. The summed E-state index contributed by atoms with van der Waals surface area (Å²) in [6.07, 6.45) is 7.56. The van der Waals surface area contributed by atoms with E-state index in [2.05, 4.69) is 200 Å². The van der Waals surface area contributed by atoms with Crippen molar-refractivity contribution in [1.82, 2.24) is 0 Å². The molecule has 54 heavy (non-hydrogen) atoms. The monoisotopic (exact) mass is 700 g/mol. The molecule has 0 bridgehead atoms. The van der Waals surface area contributed by atoms with Crippen molar-refractivity contribution in [2.75, 3.05) is 9.80 Å². The van der Waals surface area contributed by atoms with Crippen molar-refractivity contribution in [1.29, 1.82) is 0 Å². The fraction of sp³-hybridized carbons (Fsp3) is 0.192. The molecule has 0 saturated heterocycles. The summed E-state index contributed by atoms with van der Waals surface area (Å²) >= 11 is 0. The van der Waals surface area contributed by atoms with Gasteiger partial charge in [0.25, 0.3) is 0 Å². The van der Waals surface area contributed by atoms with Crippen molar-refractivity contribution < 1.29 is 0 Å². The van der Waals surface area contributed by atoms with Gasteiger partial charge in [-0.3, -0.25) is 0 Å². The number of hydrogen-bond donors (Lipinski definition) is 0. The summed E-state index contributed by atoms with van der Waals surface area (Å²) in [4.78, 5) is 4.80. The van der Waals surface area contributed by atoms with Crippen LogP contribution in [0.4, 0.5) is 34.1 Å². The first-order valence-electron chi connectivity index (χ1n) is 19.8. The zero-order valence-electron chi connectivity index (χ0n) is 31.5. The number of anilines is 6. The minimum atomic E-state index is -0.0585. The molecule has 2 aliphatic rings. The van der Waals surface area contributed by atoms with Crippen LogP contribution in [0.15, 0.2) is 176 Å². The first-order chi connectivity index (χ1) is 26.5. The molecule has 1 saturated carbocycles. The molecule has 2 aliphatic carbocycles. The van der Waals surface area contributed by atoms with E-state index in [4.69, 9.17) is 0 Å². The maximum absolute atomic E-state index is 2.49. The molecule has 0 unspecified atom stereocenters. The number of nitrogens with zero attached hydrogens (tertiary/aromatic N) is 2. The lowest BCUT2D eigenvalue weighted by atomic mass is 9.82. The SMILES string of the molecule is CC1(C)c2ccccc2-c2c(N(c3ccc(Cc4ccc(N(c5ccccc5)c5ccccc5)cc4)cc3)c3ccc(C4CCCCC4)cc3)cccc21. The van der Waals surface area contributed by atoms with Crippen LogP contribution < -0.4 is 9.80 Å². The summed E-state index contributed by atoms with van der Waals surface area (Å²) in [5.41, 5.74) is 16.6. The predicted octanol–water partition coefficient (Wildman–Crippen LogP) is 14.6. The molecule has 7 aromatic rings. The van der Waals surface area contributed by atoms with Crippen molar-refractivity contribution in [3.8, 4) is 11.1 Å². The van der Waals surface area contributed by atoms with Crippen molar-refractivity contribution in [2.45, 2.75) is 63.7 Å². The average molecular weight is 701 g/mol. The fourth-order valence-electron chi connectivity index (χ4n) is 9.04. The van der Waals surface area contributed by atoms with E-state index < -0.39 is 0 Å². The first kappa shape index (κ1) is 33.9. The van der Waals surface area contributed by atoms with Gasteiger partial charge in [-0.25, -0.2) is 0 Å². The van der Waals surface area contributed by atoms with Crippen LogP contribution in [0.2, 0.25) is 0 Å². The summed E-state index contributed by atoms with van der Waals surface area (Å²) in [5, 5.41) is 0. The topological polar surface area (TPSA) is 6.48 Å². The Kier molecular flexibility index (Phi) is 9.13. The Bertz CT molecular complexity index is 2300. The molecule has 266 valence electrons. The maximum Gasteiger partial charge on any atom is 0.0543 e. The average Bonchev–Trinajstić information content (AvgIpc) is 3.47.